The number of imide groups is 2. The van der Waals surface area contributed by atoms with Gasteiger partial charge in [0.2, 0.25) is 11.8 Å². The number of nitrogens with one attached hydrogen (secondary N) is 2. The molecule has 0 spiro atoms. The van der Waals surface area contributed by atoms with Crippen LogP contribution in [0.2, 0.25) is 0 Å². The minimum absolute atomic E-state index is 0.0223. The Bertz CT molecular complexity index is 2660. The quantitative estimate of drug-likeness (QED) is 0.196. The molecule has 2 aromatic carbocycles. The van der Waals surface area contributed by atoms with Crippen molar-refractivity contribution in [3.8, 4) is 17.6 Å². The van der Waals surface area contributed by atoms with Gasteiger partial charge in [0.15, 0.2) is 0 Å². The zero-order chi connectivity index (χ0) is 44.8. The molecular formula is C49H52N8O7. The Balaban J connectivity index is 0.719. The van der Waals surface area contributed by atoms with Crippen molar-refractivity contribution in [2.45, 2.75) is 115 Å². The number of amides is 5. The smallest absolute Gasteiger partial charge is 0.262 e. The second-order valence-corrected chi connectivity index (χ2v) is 19.5. The Labute approximate surface area is 371 Å². The van der Waals surface area contributed by atoms with Crippen LogP contribution in [0, 0.1) is 22.7 Å². The summed E-state index contributed by atoms with van der Waals surface area (Å²) >= 11 is 0. The van der Waals surface area contributed by atoms with Gasteiger partial charge in [-0.3, -0.25) is 44.1 Å². The summed E-state index contributed by atoms with van der Waals surface area (Å²) in [5.74, 6) is 0.315. The maximum atomic E-state index is 13.8. The Morgan fingerprint density at radius 3 is 2.47 bits per heavy atom. The topological polar surface area (TPSA) is 187 Å². The van der Waals surface area contributed by atoms with E-state index in [2.05, 4.69) is 66.1 Å². The van der Waals surface area contributed by atoms with Gasteiger partial charge in [0, 0.05) is 74.2 Å². The SMILES string of the molecule is CC(C)N(CC1CCN(c2ccc(C(=O)NC3C(C)(C)[C@@H]4Oc5ccc(C#N)c6nccc(c56)C34C)cn2)CC1)[C@H]1C[C@@H](Oc2ccc3c(c2)C(=O)N(C2CCC(=O)NC2=O)C3=O)C1. The largest absolute Gasteiger partial charge is 0.490 e. The summed E-state index contributed by atoms with van der Waals surface area (Å²) in [6.45, 7) is 13.6. The van der Waals surface area contributed by atoms with Crippen molar-refractivity contribution in [3.63, 3.8) is 0 Å². The van der Waals surface area contributed by atoms with Crippen LogP contribution in [0.5, 0.6) is 11.5 Å². The van der Waals surface area contributed by atoms with E-state index in [1.54, 1.807) is 36.7 Å². The Hall–Kier alpha value is -6.40. The van der Waals surface area contributed by atoms with Gasteiger partial charge in [0.05, 0.1) is 39.2 Å². The normalized spacial score (nSPS) is 27.0. The van der Waals surface area contributed by atoms with E-state index in [0.717, 1.165) is 72.7 Å². The molecule has 0 radical (unpaired) electrons. The van der Waals surface area contributed by atoms with E-state index in [1.807, 2.05) is 24.3 Å². The fourth-order valence-corrected chi connectivity index (χ4v) is 11.6. The van der Waals surface area contributed by atoms with Crippen LogP contribution in [-0.4, -0.2) is 105 Å². The summed E-state index contributed by atoms with van der Waals surface area (Å²) < 4.78 is 12.9. The molecule has 2 aliphatic carbocycles. The molecule has 6 aliphatic rings. The molecule has 4 atom stereocenters. The maximum Gasteiger partial charge on any atom is 0.262 e. The highest BCUT2D eigenvalue weighted by Gasteiger charge is 2.69. The zero-order valence-electron chi connectivity index (χ0n) is 36.7. The Kier molecular flexibility index (Phi) is 10.0. The molecule has 4 fully saturated rings. The number of carbonyl (C=O) groups excluding carboxylic acids is 5. The fraction of sp³-hybridized carbons (Fsp3) is 0.469. The first-order chi connectivity index (χ1) is 30.7. The monoisotopic (exact) mass is 864 g/mol. The molecule has 4 aliphatic heterocycles. The first kappa shape index (κ1) is 41.6. The first-order valence-electron chi connectivity index (χ1n) is 22.5. The van der Waals surface area contributed by atoms with E-state index < -0.39 is 35.1 Å². The van der Waals surface area contributed by atoms with Crippen molar-refractivity contribution in [1.82, 2.24) is 30.4 Å². The Morgan fingerprint density at radius 1 is 1.00 bits per heavy atom. The standard InChI is InChI=1S/C49H52N8O7/c1-26(2)56(30-20-32(21-30)63-31-8-9-33-34(22-31)45(62)57(44(33)61)36-10-13-39(58)53-43(36)60)25-27-15-18-55(19-16-27)38-12-7-29(24-52-38)42(59)54-46-48(3,4)47-49(46,5)35-14-17-51-41-28(23-50)6-11-37(64-47)40(35)41/h6-9,11-12,14,17,22,24,26-27,30,32,36,46-47H,10,13,15-16,18-21,25H2,1-5H3,(H,54,59)(H,53,58,60)/t30-,32+,36?,46?,47-,49?/m0/s1. The lowest BCUT2D eigenvalue weighted by molar-refractivity contribution is -0.136. The molecule has 4 aromatic rings. The van der Waals surface area contributed by atoms with Crippen molar-refractivity contribution in [3.05, 3.63) is 88.7 Å². The van der Waals surface area contributed by atoms with Crippen LogP contribution in [0.3, 0.4) is 0 Å². The van der Waals surface area contributed by atoms with E-state index in [4.69, 9.17) is 14.5 Å². The third-order valence-electron chi connectivity index (χ3n) is 15.0. The van der Waals surface area contributed by atoms with Gasteiger partial charge >= 0.3 is 0 Å². The molecule has 0 bridgehead atoms. The summed E-state index contributed by atoms with van der Waals surface area (Å²) in [6, 6.07) is 16.0. The Morgan fingerprint density at radius 2 is 1.77 bits per heavy atom. The van der Waals surface area contributed by atoms with Crippen LogP contribution in [0.4, 0.5) is 5.82 Å². The predicted octanol–water partition coefficient (Wildman–Crippen LogP) is 5.30. The van der Waals surface area contributed by atoms with E-state index in [9.17, 15) is 29.2 Å². The van der Waals surface area contributed by atoms with Gasteiger partial charge in [-0.25, -0.2) is 4.98 Å². The highest BCUT2D eigenvalue weighted by Crippen LogP contribution is 2.61. The number of anilines is 1. The number of carbonyl (C=O) groups is 5. The van der Waals surface area contributed by atoms with Gasteiger partial charge in [-0.15, -0.1) is 0 Å². The molecule has 2 N–H and O–H groups in total. The lowest BCUT2D eigenvalue weighted by Gasteiger charge is -2.66. The molecule has 10 rings (SSSR count). The summed E-state index contributed by atoms with van der Waals surface area (Å²) in [5, 5.41) is 16.2. The number of ether oxygens (including phenoxy) is 2. The highest BCUT2D eigenvalue weighted by atomic mass is 16.5. The predicted molar refractivity (Wildman–Crippen MR) is 235 cm³/mol. The van der Waals surface area contributed by atoms with Crippen LogP contribution in [0.1, 0.15) is 115 Å². The molecule has 2 aromatic heterocycles. The number of benzene rings is 2. The molecule has 3 unspecified atom stereocenters. The van der Waals surface area contributed by atoms with Crippen molar-refractivity contribution >= 4 is 46.3 Å². The number of aromatic nitrogens is 2. The van der Waals surface area contributed by atoms with Crippen molar-refractivity contribution < 1.29 is 33.4 Å². The van der Waals surface area contributed by atoms with Crippen molar-refractivity contribution in [2.75, 3.05) is 24.5 Å². The van der Waals surface area contributed by atoms with Crippen molar-refractivity contribution in [1.29, 1.82) is 5.26 Å². The average molecular weight is 865 g/mol. The van der Waals surface area contributed by atoms with Gasteiger partial charge in [0.25, 0.3) is 17.7 Å². The molecular weight excluding hydrogens is 813 g/mol. The molecule has 330 valence electrons. The van der Waals surface area contributed by atoms with Crippen molar-refractivity contribution in [2.24, 2.45) is 11.3 Å². The van der Waals surface area contributed by atoms with Crippen LogP contribution >= 0.6 is 0 Å². The number of piperidine rings is 2. The lowest BCUT2D eigenvalue weighted by atomic mass is 9.45. The number of fused-ring (bicyclic) bond motifs is 3. The van der Waals surface area contributed by atoms with E-state index in [0.29, 0.717) is 40.4 Å². The number of hydrogen-bond donors (Lipinski definition) is 2. The highest BCUT2D eigenvalue weighted by molar-refractivity contribution is 6.23. The van der Waals surface area contributed by atoms with Gasteiger partial charge in [-0.05, 0) is 100 Å². The molecule has 15 nitrogen and oxygen atoms in total. The maximum absolute atomic E-state index is 13.8. The molecule has 5 amide bonds. The average Bonchev–Trinajstić information content (AvgIpc) is 3.52. The number of rotatable bonds is 10. The number of nitrogens with zero attached hydrogens (tertiary/aromatic N) is 6. The summed E-state index contributed by atoms with van der Waals surface area (Å²) in [6.07, 6.45) is 7.14. The number of pyridine rings is 2. The summed E-state index contributed by atoms with van der Waals surface area (Å²) in [4.78, 5) is 79.5. The van der Waals surface area contributed by atoms with Gasteiger partial charge < -0.3 is 19.7 Å². The third-order valence-corrected chi connectivity index (χ3v) is 15.0. The van der Waals surface area contributed by atoms with E-state index in [1.165, 1.54) is 0 Å². The minimum atomic E-state index is -1.01. The molecule has 2 saturated carbocycles. The van der Waals surface area contributed by atoms with E-state index in [-0.39, 0.29) is 53.5 Å². The second-order valence-electron chi connectivity index (χ2n) is 19.5. The van der Waals surface area contributed by atoms with Crippen LogP contribution < -0.4 is 25.0 Å². The summed E-state index contributed by atoms with van der Waals surface area (Å²) in [5.41, 5.74) is 2.19. The zero-order valence-corrected chi connectivity index (χ0v) is 36.7. The van der Waals surface area contributed by atoms with Gasteiger partial charge in [-0.1, -0.05) is 13.8 Å². The van der Waals surface area contributed by atoms with Crippen LogP contribution in [-0.2, 0) is 15.0 Å². The number of nitriles is 1. The van der Waals surface area contributed by atoms with Crippen LogP contribution in [0.15, 0.2) is 60.9 Å². The molecule has 2 saturated heterocycles. The number of hydrogen-bond acceptors (Lipinski definition) is 12. The van der Waals surface area contributed by atoms with E-state index >= 15 is 0 Å². The van der Waals surface area contributed by atoms with Crippen LogP contribution in [0.25, 0.3) is 10.9 Å². The van der Waals surface area contributed by atoms with Gasteiger partial charge in [0.1, 0.15) is 41.6 Å². The fourth-order valence-electron chi connectivity index (χ4n) is 11.6. The molecule has 64 heavy (non-hydrogen) atoms. The third kappa shape index (κ3) is 6.59. The lowest BCUT2D eigenvalue weighted by Crippen LogP contribution is -2.78. The second kappa shape index (κ2) is 15.4. The molecule has 6 heterocycles. The van der Waals surface area contributed by atoms with Gasteiger partial charge in [-0.2, -0.15) is 5.26 Å². The minimum Gasteiger partial charge on any atom is -0.490 e. The molecule has 15 heteroatoms. The first-order valence-corrected chi connectivity index (χ1v) is 22.5. The summed E-state index contributed by atoms with van der Waals surface area (Å²) in [7, 11) is 0.